The Balaban J connectivity index is 1.62. The van der Waals surface area contributed by atoms with Gasteiger partial charge in [-0.25, -0.2) is 0 Å². The minimum absolute atomic E-state index is 0.0493. The zero-order valence-corrected chi connectivity index (χ0v) is 18.3. The summed E-state index contributed by atoms with van der Waals surface area (Å²) in [4.78, 5) is 16.0. The van der Waals surface area contributed by atoms with Crippen molar-refractivity contribution in [2.24, 2.45) is 5.41 Å². The average Bonchev–Trinajstić information content (AvgIpc) is 3.10. The number of phenols is 1. The van der Waals surface area contributed by atoms with E-state index in [0.717, 1.165) is 41.5 Å². The number of fused-ring (bicyclic) bond motifs is 5. The third-order valence-electron chi connectivity index (χ3n) is 8.25. The molecule has 1 unspecified atom stereocenters. The van der Waals surface area contributed by atoms with Crippen molar-refractivity contribution in [3.63, 3.8) is 0 Å². The van der Waals surface area contributed by atoms with Crippen molar-refractivity contribution in [1.29, 1.82) is 0 Å². The van der Waals surface area contributed by atoms with Crippen LogP contribution >= 0.6 is 0 Å². The SMILES string of the molecule is CCn1cc(C(=O)N2CC[C@@]3(C)c4cccc(O)c4CC2C3(C)C)c2ccccc21. The Morgan fingerprint density at radius 3 is 2.67 bits per heavy atom. The van der Waals surface area contributed by atoms with Gasteiger partial charge in [0.15, 0.2) is 0 Å². The molecule has 30 heavy (non-hydrogen) atoms. The van der Waals surface area contributed by atoms with E-state index in [2.05, 4.69) is 55.4 Å². The maximum atomic E-state index is 13.9. The molecule has 2 aromatic carbocycles. The molecule has 1 fully saturated rings. The third kappa shape index (κ3) is 2.36. The summed E-state index contributed by atoms with van der Waals surface area (Å²) in [6, 6.07) is 14.1. The van der Waals surface area contributed by atoms with Gasteiger partial charge in [0.2, 0.25) is 0 Å². The highest BCUT2D eigenvalue weighted by Crippen LogP contribution is 2.57. The van der Waals surface area contributed by atoms with Crippen molar-refractivity contribution in [2.45, 2.75) is 58.5 Å². The van der Waals surface area contributed by atoms with Gasteiger partial charge >= 0.3 is 0 Å². The molecule has 1 saturated heterocycles. The number of aromatic hydroxyl groups is 1. The Hall–Kier alpha value is -2.75. The van der Waals surface area contributed by atoms with E-state index in [9.17, 15) is 9.90 Å². The van der Waals surface area contributed by atoms with Crippen LogP contribution in [0.5, 0.6) is 5.75 Å². The van der Waals surface area contributed by atoms with Gasteiger partial charge in [-0.1, -0.05) is 51.1 Å². The molecule has 0 saturated carbocycles. The maximum Gasteiger partial charge on any atom is 0.256 e. The second-order valence-corrected chi connectivity index (χ2v) is 9.67. The number of piperidine rings is 1. The Morgan fingerprint density at radius 2 is 1.90 bits per heavy atom. The van der Waals surface area contributed by atoms with Crippen LogP contribution in [0.15, 0.2) is 48.7 Å². The summed E-state index contributed by atoms with van der Waals surface area (Å²) >= 11 is 0. The lowest BCUT2D eigenvalue weighted by Gasteiger charge is -2.60. The molecule has 0 radical (unpaired) electrons. The Bertz CT molecular complexity index is 1160. The molecule has 156 valence electrons. The van der Waals surface area contributed by atoms with Crippen LogP contribution in [0.3, 0.4) is 0 Å². The lowest BCUT2D eigenvalue weighted by molar-refractivity contribution is -0.0265. The number of hydrogen-bond acceptors (Lipinski definition) is 2. The summed E-state index contributed by atoms with van der Waals surface area (Å²) in [5.41, 5.74) is 3.99. The molecule has 0 spiro atoms. The first-order valence-electron chi connectivity index (χ1n) is 11.0. The van der Waals surface area contributed by atoms with Gasteiger partial charge in [0, 0.05) is 41.6 Å². The van der Waals surface area contributed by atoms with Crippen LogP contribution in [-0.2, 0) is 18.4 Å². The second kappa shape index (κ2) is 6.37. The summed E-state index contributed by atoms with van der Waals surface area (Å²) < 4.78 is 2.16. The van der Waals surface area contributed by atoms with Crippen LogP contribution in [0.1, 0.15) is 55.6 Å². The Morgan fingerprint density at radius 1 is 1.13 bits per heavy atom. The van der Waals surface area contributed by atoms with E-state index in [0.29, 0.717) is 12.2 Å². The molecule has 1 amide bonds. The summed E-state index contributed by atoms with van der Waals surface area (Å²) in [7, 11) is 0. The predicted octanol–water partition coefficient (Wildman–Crippen LogP) is 5.12. The van der Waals surface area contributed by atoms with Crippen molar-refractivity contribution in [2.75, 3.05) is 6.54 Å². The molecule has 1 aliphatic carbocycles. The minimum Gasteiger partial charge on any atom is -0.508 e. The summed E-state index contributed by atoms with van der Waals surface area (Å²) in [6.45, 7) is 10.6. The normalized spacial score (nSPS) is 24.7. The molecule has 2 heterocycles. The maximum absolute atomic E-state index is 13.9. The van der Waals surface area contributed by atoms with Gasteiger partial charge in [0.1, 0.15) is 5.75 Å². The van der Waals surface area contributed by atoms with Gasteiger partial charge in [0.25, 0.3) is 5.91 Å². The number of carbonyl (C=O) groups is 1. The van der Waals surface area contributed by atoms with E-state index in [-0.39, 0.29) is 22.8 Å². The second-order valence-electron chi connectivity index (χ2n) is 9.67. The monoisotopic (exact) mass is 402 g/mol. The van der Waals surface area contributed by atoms with E-state index < -0.39 is 0 Å². The van der Waals surface area contributed by atoms with Gasteiger partial charge in [-0.05, 0) is 48.4 Å². The highest BCUT2D eigenvalue weighted by atomic mass is 16.3. The highest BCUT2D eigenvalue weighted by Gasteiger charge is 2.57. The third-order valence-corrected chi connectivity index (χ3v) is 8.25. The molecule has 3 aromatic rings. The number of rotatable bonds is 2. The number of carbonyl (C=O) groups excluding carboxylic acids is 1. The highest BCUT2D eigenvalue weighted by molar-refractivity contribution is 6.07. The zero-order valence-electron chi connectivity index (χ0n) is 18.3. The lowest BCUT2D eigenvalue weighted by atomic mass is 9.51. The lowest BCUT2D eigenvalue weighted by Crippen LogP contribution is -2.64. The van der Waals surface area contributed by atoms with E-state index in [1.54, 1.807) is 6.07 Å². The van der Waals surface area contributed by atoms with Crippen LogP contribution in [-0.4, -0.2) is 33.1 Å². The van der Waals surface area contributed by atoms with Gasteiger partial charge in [-0.3, -0.25) is 4.79 Å². The van der Waals surface area contributed by atoms with Gasteiger partial charge < -0.3 is 14.6 Å². The molecular weight excluding hydrogens is 372 g/mol. The predicted molar refractivity (Wildman–Crippen MR) is 120 cm³/mol. The fourth-order valence-electron chi connectivity index (χ4n) is 6.00. The van der Waals surface area contributed by atoms with E-state index in [1.807, 2.05) is 24.4 Å². The van der Waals surface area contributed by atoms with Crippen LogP contribution in [0.2, 0.25) is 0 Å². The first-order valence-corrected chi connectivity index (χ1v) is 11.0. The average molecular weight is 403 g/mol. The number of amides is 1. The number of benzene rings is 2. The standard InChI is InChI=1S/C26H30N2O2/c1-5-27-16-19(17-9-6-7-11-21(17)27)24(30)28-14-13-26(4)20-10-8-12-22(29)18(20)15-23(28)25(26,2)3/h6-12,16,23,29H,5,13-15H2,1-4H3/t23?,26-/m0/s1. The molecule has 2 bridgehead atoms. The molecule has 1 N–H and O–H groups in total. The fourth-order valence-corrected chi connectivity index (χ4v) is 6.00. The molecular formula is C26H30N2O2. The number of aryl methyl sites for hydroxylation is 1. The van der Waals surface area contributed by atoms with Crippen molar-refractivity contribution >= 4 is 16.8 Å². The van der Waals surface area contributed by atoms with Crippen molar-refractivity contribution in [3.05, 3.63) is 65.4 Å². The van der Waals surface area contributed by atoms with E-state index in [4.69, 9.17) is 0 Å². The van der Waals surface area contributed by atoms with Crippen LogP contribution < -0.4 is 0 Å². The fraction of sp³-hybridized carbons (Fsp3) is 0.423. The van der Waals surface area contributed by atoms with Crippen LogP contribution in [0.4, 0.5) is 0 Å². The number of phenolic OH excluding ortho intramolecular Hbond substituents is 1. The number of hydrogen-bond donors (Lipinski definition) is 1. The summed E-state index contributed by atoms with van der Waals surface area (Å²) in [5.74, 6) is 0.466. The topological polar surface area (TPSA) is 45.5 Å². The Labute approximate surface area is 178 Å². The van der Waals surface area contributed by atoms with Crippen molar-refractivity contribution in [1.82, 2.24) is 9.47 Å². The number of nitrogens with zero attached hydrogens (tertiary/aromatic N) is 2. The largest absolute Gasteiger partial charge is 0.508 e. The first kappa shape index (κ1) is 19.2. The minimum atomic E-state index is -0.0924. The molecule has 2 atom stereocenters. The molecule has 1 aromatic heterocycles. The smallest absolute Gasteiger partial charge is 0.256 e. The van der Waals surface area contributed by atoms with E-state index in [1.165, 1.54) is 5.56 Å². The molecule has 1 aliphatic heterocycles. The van der Waals surface area contributed by atoms with E-state index >= 15 is 0 Å². The van der Waals surface area contributed by atoms with Crippen molar-refractivity contribution in [3.8, 4) is 5.75 Å². The summed E-state index contributed by atoms with van der Waals surface area (Å²) in [5, 5.41) is 11.6. The molecule has 4 nitrogen and oxygen atoms in total. The number of aromatic nitrogens is 1. The van der Waals surface area contributed by atoms with Gasteiger partial charge in [-0.15, -0.1) is 0 Å². The van der Waals surface area contributed by atoms with Crippen molar-refractivity contribution < 1.29 is 9.90 Å². The molecule has 4 heteroatoms. The quantitative estimate of drug-likeness (QED) is 0.646. The van der Waals surface area contributed by atoms with Crippen LogP contribution in [0, 0.1) is 5.41 Å². The number of para-hydroxylation sites is 1. The molecule has 5 rings (SSSR count). The van der Waals surface area contributed by atoms with Gasteiger partial charge in [0.05, 0.1) is 5.56 Å². The Kier molecular flexibility index (Phi) is 4.08. The van der Waals surface area contributed by atoms with Crippen LogP contribution in [0.25, 0.3) is 10.9 Å². The molecule has 2 aliphatic rings. The zero-order chi connectivity index (χ0) is 21.3. The number of likely N-dealkylation sites (tertiary alicyclic amines) is 1. The first-order chi connectivity index (χ1) is 14.3. The van der Waals surface area contributed by atoms with Gasteiger partial charge in [-0.2, -0.15) is 0 Å². The summed E-state index contributed by atoms with van der Waals surface area (Å²) in [6.07, 6.45) is 3.61.